The molecule has 0 aliphatic carbocycles. The summed E-state index contributed by atoms with van der Waals surface area (Å²) in [4.78, 5) is 2.60. The molecule has 0 radical (unpaired) electrons. The van der Waals surface area contributed by atoms with Gasteiger partial charge in [0.1, 0.15) is 0 Å². The monoisotopic (exact) mass is 375 g/mol. The summed E-state index contributed by atoms with van der Waals surface area (Å²) in [7, 11) is 0. The predicted molar refractivity (Wildman–Crippen MR) is 104 cm³/mol. The Morgan fingerprint density at radius 3 is 1.62 bits per heavy atom. The Balaban J connectivity index is 0.000000284. The molecular weight excluding hydrogens is 334 g/mol. The lowest BCUT2D eigenvalue weighted by Gasteiger charge is -2.43. The molecule has 0 aromatic rings. The zero-order valence-electron chi connectivity index (χ0n) is 16.1. The highest BCUT2D eigenvalue weighted by Crippen LogP contribution is 2.31. The standard InChI is InChI=1S/C11H22O5.C8H15N.CH4/c1-11-10-15-7-6-13-3-2-12-4-5-14-8-9-16-11;1-7-6-9-4-2-8(7)3-5-9;/h11H,2-10H2,1H3;7-8H,2-6H2,1H3;1H4. The topological polar surface area (TPSA) is 49.4 Å². The average molecular weight is 376 g/mol. The first kappa shape index (κ1) is 23.8. The second kappa shape index (κ2) is 14.8. The van der Waals surface area contributed by atoms with Crippen molar-refractivity contribution in [2.24, 2.45) is 11.8 Å². The fourth-order valence-corrected chi connectivity index (χ4v) is 3.53. The van der Waals surface area contributed by atoms with Crippen LogP contribution in [0, 0.1) is 11.8 Å². The van der Waals surface area contributed by atoms with Crippen LogP contribution in [0.5, 0.6) is 0 Å². The number of piperidine rings is 3. The maximum atomic E-state index is 5.49. The van der Waals surface area contributed by atoms with Crippen LogP contribution in [0.25, 0.3) is 0 Å². The maximum Gasteiger partial charge on any atom is 0.0781 e. The molecule has 26 heavy (non-hydrogen) atoms. The molecule has 0 amide bonds. The van der Waals surface area contributed by atoms with E-state index in [0.717, 1.165) is 11.8 Å². The highest BCUT2D eigenvalue weighted by atomic mass is 16.6. The molecule has 2 unspecified atom stereocenters. The third-order valence-electron chi connectivity index (χ3n) is 5.08. The quantitative estimate of drug-likeness (QED) is 0.648. The van der Waals surface area contributed by atoms with Gasteiger partial charge in [-0.15, -0.1) is 0 Å². The number of ether oxygens (including phenoxy) is 5. The van der Waals surface area contributed by atoms with Crippen molar-refractivity contribution < 1.29 is 23.7 Å². The van der Waals surface area contributed by atoms with Gasteiger partial charge >= 0.3 is 0 Å². The molecule has 6 heteroatoms. The molecule has 2 bridgehead atoms. The SMILES string of the molecule is C.CC1CN2CCC1CC2.CC1COCCOCCOCCOCCO1. The van der Waals surface area contributed by atoms with Gasteiger partial charge in [-0.25, -0.2) is 0 Å². The third-order valence-corrected chi connectivity index (χ3v) is 5.08. The molecule has 4 heterocycles. The zero-order chi connectivity index (χ0) is 17.7. The molecule has 0 aromatic carbocycles. The van der Waals surface area contributed by atoms with Gasteiger partial charge in [0, 0.05) is 6.54 Å². The first-order valence-electron chi connectivity index (χ1n) is 9.90. The number of rotatable bonds is 0. The van der Waals surface area contributed by atoms with Crippen molar-refractivity contribution >= 4 is 0 Å². The summed E-state index contributed by atoms with van der Waals surface area (Å²) in [5.41, 5.74) is 0. The minimum absolute atomic E-state index is 0. The molecule has 0 spiro atoms. The van der Waals surface area contributed by atoms with Crippen LogP contribution in [-0.2, 0) is 23.7 Å². The van der Waals surface area contributed by atoms with Crippen LogP contribution < -0.4 is 0 Å². The van der Waals surface area contributed by atoms with Crippen LogP contribution in [0.2, 0.25) is 0 Å². The summed E-state index contributed by atoms with van der Waals surface area (Å²) in [6.45, 7) is 14.0. The summed E-state index contributed by atoms with van der Waals surface area (Å²) < 4.78 is 26.8. The summed E-state index contributed by atoms with van der Waals surface area (Å²) >= 11 is 0. The normalized spacial score (nSPS) is 34.4. The molecule has 2 atom stereocenters. The zero-order valence-corrected chi connectivity index (χ0v) is 16.1. The molecule has 0 aromatic heterocycles. The first-order chi connectivity index (χ1) is 12.3. The van der Waals surface area contributed by atoms with Crippen molar-refractivity contribution in [2.45, 2.75) is 40.2 Å². The maximum absolute atomic E-state index is 5.49. The molecule has 4 fully saturated rings. The van der Waals surface area contributed by atoms with E-state index in [9.17, 15) is 0 Å². The fraction of sp³-hybridized carbons (Fsp3) is 1.00. The summed E-state index contributed by atoms with van der Waals surface area (Å²) in [6, 6.07) is 0. The van der Waals surface area contributed by atoms with E-state index in [1.54, 1.807) is 0 Å². The minimum atomic E-state index is 0. The minimum Gasteiger partial charge on any atom is -0.377 e. The van der Waals surface area contributed by atoms with E-state index in [1.165, 1.54) is 32.5 Å². The number of fused-ring (bicyclic) bond motifs is 3. The lowest BCUT2D eigenvalue weighted by atomic mass is 9.80. The van der Waals surface area contributed by atoms with E-state index in [-0.39, 0.29) is 13.5 Å². The summed E-state index contributed by atoms with van der Waals surface area (Å²) in [5, 5.41) is 0. The van der Waals surface area contributed by atoms with Gasteiger partial charge < -0.3 is 28.6 Å². The summed E-state index contributed by atoms with van der Waals surface area (Å²) in [6.07, 6.45) is 3.05. The molecule has 156 valence electrons. The van der Waals surface area contributed by atoms with E-state index in [2.05, 4.69) is 11.8 Å². The molecule has 4 aliphatic rings. The van der Waals surface area contributed by atoms with Crippen molar-refractivity contribution in [2.75, 3.05) is 79.1 Å². The van der Waals surface area contributed by atoms with Crippen molar-refractivity contribution in [3.8, 4) is 0 Å². The fourth-order valence-electron chi connectivity index (χ4n) is 3.53. The highest BCUT2D eigenvalue weighted by molar-refractivity contribution is 4.83. The van der Waals surface area contributed by atoms with Gasteiger partial charge in [-0.2, -0.15) is 0 Å². The molecule has 6 nitrogen and oxygen atoms in total. The van der Waals surface area contributed by atoms with Gasteiger partial charge in [-0.1, -0.05) is 14.4 Å². The predicted octanol–water partition coefficient (Wildman–Crippen LogP) is 2.46. The third kappa shape index (κ3) is 10.2. The Labute approximate surface area is 160 Å². The molecule has 4 aliphatic heterocycles. The molecule has 4 rings (SSSR count). The summed E-state index contributed by atoms with van der Waals surface area (Å²) in [5.74, 6) is 2.07. The Bertz CT molecular complexity index is 307. The van der Waals surface area contributed by atoms with Gasteiger partial charge in [-0.3, -0.25) is 0 Å². The second-order valence-corrected chi connectivity index (χ2v) is 7.21. The molecule has 0 N–H and O–H groups in total. The molecule has 0 saturated carbocycles. The van der Waals surface area contributed by atoms with E-state index in [4.69, 9.17) is 23.7 Å². The smallest absolute Gasteiger partial charge is 0.0781 e. The molecule has 4 saturated heterocycles. The Hall–Kier alpha value is -0.240. The Morgan fingerprint density at radius 1 is 0.692 bits per heavy atom. The average Bonchev–Trinajstić information content (AvgIpc) is 2.64. The van der Waals surface area contributed by atoms with Crippen LogP contribution in [0.4, 0.5) is 0 Å². The number of hydrogen-bond donors (Lipinski definition) is 0. The van der Waals surface area contributed by atoms with Crippen molar-refractivity contribution in [1.82, 2.24) is 4.90 Å². The Morgan fingerprint density at radius 2 is 1.19 bits per heavy atom. The largest absolute Gasteiger partial charge is 0.377 e. The van der Waals surface area contributed by atoms with E-state index in [0.29, 0.717) is 59.5 Å². The van der Waals surface area contributed by atoms with Gasteiger partial charge in [0.25, 0.3) is 0 Å². The van der Waals surface area contributed by atoms with Crippen LogP contribution in [0.1, 0.15) is 34.1 Å². The number of nitrogens with zero attached hydrogens (tertiary/aromatic N) is 1. The lowest BCUT2D eigenvalue weighted by Crippen LogP contribution is -2.46. The molecular formula is C20H41NO5. The number of hydrogen-bond acceptors (Lipinski definition) is 6. The van der Waals surface area contributed by atoms with Crippen LogP contribution >= 0.6 is 0 Å². The lowest BCUT2D eigenvalue weighted by molar-refractivity contribution is -0.0378. The second-order valence-electron chi connectivity index (χ2n) is 7.21. The van der Waals surface area contributed by atoms with Gasteiger partial charge in [-0.05, 0) is 44.7 Å². The van der Waals surface area contributed by atoms with Gasteiger partial charge in [0.05, 0.1) is 65.6 Å². The van der Waals surface area contributed by atoms with Crippen molar-refractivity contribution in [3.63, 3.8) is 0 Å². The van der Waals surface area contributed by atoms with Crippen LogP contribution in [0.3, 0.4) is 0 Å². The van der Waals surface area contributed by atoms with E-state index >= 15 is 0 Å². The van der Waals surface area contributed by atoms with Crippen molar-refractivity contribution in [1.29, 1.82) is 0 Å². The van der Waals surface area contributed by atoms with Gasteiger partial charge in [0.15, 0.2) is 0 Å². The van der Waals surface area contributed by atoms with E-state index < -0.39 is 0 Å². The van der Waals surface area contributed by atoms with Crippen LogP contribution in [0.15, 0.2) is 0 Å². The first-order valence-corrected chi connectivity index (χ1v) is 9.90. The Kier molecular flexibility index (Phi) is 13.5. The van der Waals surface area contributed by atoms with Crippen LogP contribution in [-0.4, -0.2) is 90.1 Å². The highest BCUT2D eigenvalue weighted by Gasteiger charge is 2.30. The van der Waals surface area contributed by atoms with Gasteiger partial charge in [0.2, 0.25) is 0 Å². The van der Waals surface area contributed by atoms with Crippen molar-refractivity contribution in [3.05, 3.63) is 0 Å². The van der Waals surface area contributed by atoms with E-state index in [1.807, 2.05) is 6.92 Å².